The maximum Gasteiger partial charge on any atom is 0.326 e. The number of aliphatic carboxylic acids is 1. The van der Waals surface area contributed by atoms with Gasteiger partial charge in [0.1, 0.15) is 6.04 Å². The quantitative estimate of drug-likeness (QED) is 0.333. The molecule has 7 nitrogen and oxygen atoms in total. The summed E-state index contributed by atoms with van der Waals surface area (Å²) in [6.45, 7) is 0.918. The Hall–Kier alpha value is -1.28. The lowest BCUT2D eigenvalue weighted by atomic mass is 10.2. The van der Waals surface area contributed by atoms with Gasteiger partial charge in [-0.2, -0.15) is 11.8 Å². The Balaban J connectivity index is 3.61. The van der Waals surface area contributed by atoms with Crippen molar-refractivity contribution < 1.29 is 24.2 Å². The van der Waals surface area contributed by atoms with Gasteiger partial charge in [0.15, 0.2) is 0 Å². The topological polar surface area (TPSA) is 105 Å². The monoisotopic (exact) mass is 278 g/mol. The van der Waals surface area contributed by atoms with Crippen molar-refractivity contribution in [3.63, 3.8) is 0 Å². The number of hydrogen-bond donors (Lipinski definition) is 3. The van der Waals surface area contributed by atoms with E-state index in [1.54, 1.807) is 7.11 Å². The molecule has 0 aliphatic carbocycles. The average molecular weight is 278 g/mol. The molecule has 8 heteroatoms. The number of carbonyl (C=O) groups is 3. The Bertz CT molecular complexity index is 275. The number of carboxylic acid groups (broad SMARTS) is 1. The van der Waals surface area contributed by atoms with Crippen molar-refractivity contribution in [2.24, 2.45) is 0 Å². The largest absolute Gasteiger partial charge is 0.480 e. The minimum atomic E-state index is -1.08. The first-order chi connectivity index (χ1) is 8.61. The van der Waals surface area contributed by atoms with Gasteiger partial charge in [0.2, 0.25) is 12.3 Å². The highest BCUT2D eigenvalue weighted by Gasteiger charge is 2.15. The normalized spacial score (nSPS) is 11.6. The zero-order valence-electron chi connectivity index (χ0n) is 10.2. The van der Waals surface area contributed by atoms with Crippen LogP contribution in [0.5, 0.6) is 0 Å². The van der Waals surface area contributed by atoms with E-state index in [4.69, 9.17) is 9.84 Å². The molecule has 1 unspecified atom stereocenters. The number of thioether (sulfide) groups is 1. The highest BCUT2D eigenvalue weighted by Crippen LogP contribution is 2.04. The van der Waals surface area contributed by atoms with Crippen molar-refractivity contribution in [3.8, 4) is 0 Å². The third kappa shape index (κ3) is 8.82. The van der Waals surface area contributed by atoms with Gasteiger partial charge in [-0.25, -0.2) is 4.79 Å². The van der Waals surface area contributed by atoms with E-state index < -0.39 is 12.0 Å². The van der Waals surface area contributed by atoms with Crippen LogP contribution in [0, 0.1) is 0 Å². The van der Waals surface area contributed by atoms with Gasteiger partial charge >= 0.3 is 5.97 Å². The summed E-state index contributed by atoms with van der Waals surface area (Å²) in [4.78, 5) is 32.1. The van der Waals surface area contributed by atoms with Crippen molar-refractivity contribution >= 4 is 30.0 Å². The van der Waals surface area contributed by atoms with Crippen LogP contribution in [0.15, 0.2) is 0 Å². The Morgan fingerprint density at radius 1 is 1.50 bits per heavy atom. The number of nitrogens with one attached hydrogen (secondary N) is 2. The summed E-state index contributed by atoms with van der Waals surface area (Å²) in [6.07, 6.45) is 0.644. The third-order valence-corrected chi connectivity index (χ3v) is 2.97. The van der Waals surface area contributed by atoms with Gasteiger partial charge in [-0.05, 0) is 12.2 Å². The van der Waals surface area contributed by atoms with Crippen LogP contribution in [0.1, 0.15) is 6.42 Å². The predicted octanol–water partition coefficient (Wildman–Crippen LogP) is -0.928. The Morgan fingerprint density at radius 2 is 2.22 bits per heavy atom. The summed E-state index contributed by atoms with van der Waals surface area (Å²) in [5, 5.41) is 13.6. The molecule has 18 heavy (non-hydrogen) atoms. The number of carbonyl (C=O) groups excluding carboxylic acids is 2. The number of amides is 2. The lowest BCUT2D eigenvalue weighted by Gasteiger charge is -2.10. The highest BCUT2D eigenvalue weighted by atomic mass is 32.2. The number of rotatable bonds is 11. The van der Waals surface area contributed by atoms with Crippen molar-refractivity contribution in [2.75, 3.05) is 31.8 Å². The second-order valence-corrected chi connectivity index (χ2v) is 4.46. The molecule has 0 rings (SSSR count). The molecule has 0 radical (unpaired) electrons. The molecule has 0 saturated carbocycles. The van der Waals surface area contributed by atoms with Crippen LogP contribution in [-0.4, -0.2) is 61.2 Å². The van der Waals surface area contributed by atoms with E-state index in [1.165, 1.54) is 11.8 Å². The van der Waals surface area contributed by atoms with Crippen molar-refractivity contribution in [3.05, 3.63) is 0 Å². The zero-order valence-corrected chi connectivity index (χ0v) is 11.0. The third-order valence-electron chi connectivity index (χ3n) is 1.98. The summed E-state index contributed by atoms with van der Waals surface area (Å²) < 4.78 is 4.77. The molecule has 2 amide bonds. The Kier molecular flexibility index (Phi) is 10.1. The van der Waals surface area contributed by atoms with E-state index in [1.807, 2.05) is 0 Å². The summed E-state index contributed by atoms with van der Waals surface area (Å²) in [5.74, 6) is -0.452. The fourth-order valence-electron chi connectivity index (χ4n) is 1.07. The van der Waals surface area contributed by atoms with Crippen LogP contribution >= 0.6 is 11.8 Å². The van der Waals surface area contributed by atoms with E-state index in [9.17, 15) is 14.4 Å². The number of carboxylic acids is 1. The number of methoxy groups -OCH3 is 1. The minimum absolute atomic E-state index is 0.118. The van der Waals surface area contributed by atoms with Crippen molar-refractivity contribution in [1.29, 1.82) is 0 Å². The molecular formula is C10H18N2O5S. The van der Waals surface area contributed by atoms with E-state index in [0.29, 0.717) is 25.3 Å². The van der Waals surface area contributed by atoms with Gasteiger partial charge in [-0.15, -0.1) is 0 Å². The van der Waals surface area contributed by atoms with Crippen LogP contribution in [-0.2, 0) is 19.1 Å². The van der Waals surface area contributed by atoms with Crippen molar-refractivity contribution in [1.82, 2.24) is 10.6 Å². The molecule has 0 fully saturated rings. The summed E-state index contributed by atoms with van der Waals surface area (Å²) in [7, 11) is 1.55. The second-order valence-electron chi connectivity index (χ2n) is 3.36. The average Bonchev–Trinajstić information content (AvgIpc) is 2.33. The van der Waals surface area contributed by atoms with E-state index >= 15 is 0 Å². The predicted molar refractivity (Wildman–Crippen MR) is 67.5 cm³/mol. The van der Waals surface area contributed by atoms with Crippen LogP contribution in [0.3, 0.4) is 0 Å². The van der Waals surface area contributed by atoms with Gasteiger partial charge in [-0.3, -0.25) is 9.59 Å². The number of hydrogen-bond acceptors (Lipinski definition) is 5. The smallest absolute Gasteiger partial charge is 0.326 e. The van der Waals surface area contributed by atoms with Crippen LogP contribution in [0.2, 0.25) is 0 Å². The molecule has 0 heterocycles. The van der Waals surface area contributed by atoms with E-state index in [2.05, 4.69) is 10.6 Å². The molecular weight excluding hydrogens is 260 g/mol. The van der Waals surface area contributed by atoms with Gasteiger partial charge < -0.3 is 20.5 Å². The molecule has 0 aromatic heterocycles. The lowest BCUT2D eigenvalue weighted by molar-refractivity contribution is -0.140. The number of ether oxygens (including phenoxy) is 1. The maximum absolute atomic E-state index is 11.2. The molecule has 0 aromatic rings. The summed E-state index contributed by atoms with van der Waals surface area (Å²) >= 11 is 1.32. The zero-order chi connectivity index (χ0) is 13.8. The molecule has 0 aromatic carbocycles. The van der Waals surface area contributed by atoms with Crippen LogP contribution in [0.25, 0.3) is 0 Å². The standard InChI is InChI=1S/C10H18N2O5S/c1-17-4-3-11-9(14)6-18-5-2-8(10(15)16)12-7-13/h7-8H,2-6H2,1H3,(H,11,14)(H,12,13)(H,15,16). The van der Waals surface area contributed by atoms with Gasteiger partial charge in [0.25, 0.3) is 0 Å². The van der Waals surface area contributed by atoms with Crippen LogP contribution < -0.4 is 10.6 Å². The first-order valence-corrected chi connectivity index (χ1v) is 6.53. The maximum atomic E-state index is 11.2. The first-order valence-electron chi connectivity index (χ1n) is 5.37. The minimum Gasteiger partial charge on any atom is -0.480 e. The van der Waals surface area contributed by atoms with Gasteiger partial charge in [0, 0.05) is 13.7 Å². The summed E-state index contributed by atoms with van der Waals surface area (Å²) in [5.41, 5.74) is 0. The molecule has 0 aliphatic rings. The first kappa shape index (κ1) is 16.7. The fraction of sp³-hybridized carbons (Fsp3) is 0.700. The Labute approximate surface area is 110 Å². The molecule has 3 N–H and O–H groups in total. The van der Waals surface area contributed by atoms with Gasteiger partial charge in [0.05, 0.1) is 12.4 Å². The Morgan fingerprint density at radius 3 is 2.78 bits per heavy atom. The van der Waals surface area contributed by atoms with Crippen LogP contribution in [0.4, 0.5) is 0 Å². The SMILES string of the molecule is COCCNC(=O)CSCCC(NC=O)C(=O)O. The van der Waals surface area contributed by atoms with Gasteiger partial charge in [-0.1, -0.05) is 0 Å². The lowest BCUT2D eigenvalue weighted by Crippen LogP contribution is -2.36. The molecule has 104 valence electrons. The molecule has 1 atom stereocenters. The second kappa shape index (κ2) is 10.8. The van der Waals surface area contributed by atoms with E-state index in [-0.39, 0.29) is 18.1 Å². The molecule has 0 spiro atoms. The molecule has 0 saturated heterocycles. The summed E-state index contributed by atoms with van der Waals surface area (Å²) in [6, 6.07) is -0.897. The molecule has 0 bridgehead atoms. The van der Waals surface area contributed by atoms with E-state index in [0.717, 1.165) is 0 Å². The molecule has 0 aliphatic heterocycles. The fourth-order valence-corrected chi connectivity index (χ4v) is 1.90. The van der Waals surface area contributed by atoms with Crippen molar-refractivity contribution in [2.45, 2.75) is 12.5 Å². The highest BCUT2D eigenvalue weighted by molar-refractivity contribution is 7.99.